The molecule has 1 aromatic carbocycles. The first-order valence-electron chi connectivity index (χ1n) is 5.97. The minimum absolute atomic E-state index is 0.0188. The monoisotopic (exact) mass is 339 g/mol. The van der Waals surface area contributed by atoms with Crippen LogP contribution in [0, 0.1) is 17.6 Å². The Morgan fingerprint density at radius 3 is 2.43 bits per heavy atom. The van der Waals surface area contributed by atoms with E-state index in [-0.39, 0.29) is 24.4 Å². The number of halogens is 3. The summed E-state index contributed by atoms with van der Waals surface area (Å²) in [6.45, 7) is 0.0377. The van der Waals surface area contributed by atoms with Crippen LogP contribution in [0.3, 0.4) is 0 Å². The van der Waals surface area contributed by atoms with Gasteiger partial charge in [0, 0.05) is 47.4 Å². The number of ether oxygens (including phenoxy) is 1. The highest BCUT2D eigenvalue weighted by molar-refractivity contribution is 8.13. The normalized spacial score (nSPS) is 19.1. The third-order valence-corrected chi connectivity index (χ3v) is 4.39. The van der Waals surface area contributed by atoms with Gasteiger partial charge >= 0.3 is 0 Å². The van der Waals surface area contributed by atoms with Crippen molar-refractivity contribution in [3.05, 3.63) is 23.8 Å². The highest BCUT2D eigenvalue weighted by atomic mass is 35.7. The van der Waals surface area contributed by atoms with Crippen molar-refractivity contribution >= 4 is 31.3 Å². The molecule has 0 bridgehead atoms. The molecule has 1 atom stereocenters. The Kier molecular flexibility index (Phi) is 4.38. The van der Waals surface area contributed by atoms with E-state index in [9.17, 15) is 22.0 Å². The van der Waals surface area contributed by atoms with Crippen LogP contribution in [0.1, 0.15) is 6.42 Å². The largest absolute Gasteiger partial charge is 0.491 e. The van der Waals surface area contributed by atoms with Gasteiger partial charge in [0.05, 0.1) is 12.9 Å². The van der Waals surface area contributed by atoms with Crippen molar-refractivity contribution in [2.45, 2.75) is 6.42 Å². The molecule has 0 radical (unpaired) electrons. The van der Waals surface area contributed by atoms with Crippen LogP contribution >= 0.6 is 10.7 Å². The fourth-order valence-electron chi connectivity index (χ4n) is 2.32. The molecule has 0 aromatic heterocycles. The van der Waals surface area contributed by atoms with Gasteiger partial charge < -0.3 is 9.64 Å². The van der Waals surface area contributed by atoms with Crippen molar-refractivity contribution < 1.29 is 26.7 Å². The highest BCUT2D eigenvalue weighted by Gasteiger charge is 2.34. The van der Waals surface area contributed by atoms with Crippen molar-refractivity contribution in [3.63, 3.8) is 0 Å². The van der Waals surface area contributed by atoms with E-state index in [1.807, 2.05) is 0 Å². The second-order valence-electron chi connectivity index (χ2n) is 4.72. The zero-order valence-corrected chi connectivity index (χ0v) is 12.5. The zero-order chi connectivity index (χ0) is 15.8. The van der Waals surface area contributed by atoms with Crippen LogP contribution in [0.2, 0.25) is 0 Å². The summed E-state index contributed by atoms with van der Waals surface area (Å²) >= 11 is 0. The van der Waals surface area contributed by atoms with Crippen LogP contribution in [-0.2, 0) is 13.8 Å². The number of hydrogen-bond donors (Lipinski definition) is 0. The van der Waals surface area contributed by atoms with Crippen LogP contribution in [0.15, 0.2) is 12.1 Å². The number of nitrogens with zero attached hydrogens (tertiary/aromatic N) is 1. The van der Waals surface area contributed by atoms with Crippen LogP contribution in [-0.4, -0.2) is 33.7 Å². The number of carbonyl (C=O) groups excluding carboxylic acids is 1. The molecular weight excluding hydrogens is 328 g/mol. The lowest BCUT2D eigenvalue weighted by molar-refractivity contribution is -0.117. The van der Waals surface area contributed by atoms with Gasteiger partial charge in [-0.3, -0.25) is 4.79 Å². The van der Waals surface area contributed by atoms with Crippen molar-refractivity contribution in [1.82, 2.24) is 0 Å². The maximum absolute atomic E-state index is 13.6. The molecule has 1 aliphatic heterocycles. The van der Waals surface area contributed by atoms with Crippen LogP contribution in [0.25, 0.3) is 0 Å². The van der Waals surface area contributed by atoms with E-state index in [0.29, 0.717) is 0 Å². The van der Waals surface area contributed by atoms with Gasteiger partial charge in [-0.1, -0.05) is 0 Å². The van der Waals surface area contributed by atoms with E-state index in [4.69, 9.17) is 10.7 Å². The molecule has 116 valence electrons. The van der Waals surface area contributed by atoms with Gasteiger partial charge in [-0.25, -0.2) is 17.2 Å². The molecule has 1 saturated heterocycles. The van der Waals surface area contributed by atoms with Gasteiger partial charge in [0.2, 0.25) is 15.0 Å². The summed E-state index contributed by atoms with van der Waals surface area (Å²) in [6, 6.07) is 1.94. The zero-order valence-electron chi connectivity index (χ0n) is 11.0. The average molecular weight is 340 g/mol. The number of anilines is 1. The Hall–Kier alpha value is -1.41. The Morgan fingerprint density at radius 2 is 1.95 bits per heavy atom. The van der Waals surface area contributed by atoms with Gasteiger partial charge in [0.15, 0.2) is 17.4 Å². The number of carbonyl (C=O) groups is 1. The molecule has 1 fully saturated rings. The Morgan fingerprint density at radius 1 is 1.38 bits per heavy atom. The molecule has 1 amide bonds. The summed E-state index contributed by atoms with van der Waals surface area (Å²) in [5, 5.41) is 0. The number of hydrogen-bond acceptors (Lipinski definition) is 4. The molecular formula is C12H12ClF2NO4S. The molecule has 1 aliphatic rings. The standard InChI is InChI=1S/C12H12ClF2NO4S/c1-20-12-9(14)3-8(4-10(12)15)16-5-7(2-11(16)17)6-21(13,18)19/h3-4,7H,2,5-6H2,1H3. The lowest BCUT2D eigenvalue weighted by atomic mass is 10.1. The predicted molar refractivity (Wildman–Crippen MR) is 73.0 cm³/mol. The summed E-state index contributed by atoms with van der Waals surface area (Å²) in [5.74, 6) is -3.69. The van der Waals surface area contributed by atoms with Crippen molar-refractivity contribution in [2.24, 2.45) is 5.92 Å². The first kappa shape index (κ1) is 16.0. The summed E-state index contributed by atoms with van der Waals surface area (Å²) < 4.78 is 53.9. The lowest BCUT2D eigenvalue weighted by Gasteiger charge is -2.17. The molecule has 0 spiro atoms. The number of rotatable bonds is 4. The maximum atomic E-state index is 13.6. The van der Waals surface area contributed by atoms with Gasteiger partial charge in [0.25, 0.3) is 0 Å². The SMILES string of the molecule is COc1c(F)cc(N2CC(CS(=O)(=O)Cl)CC2=O)cc1F. The smallest absolute Gasteiger partial charge is 0.232 e. The predicted octanol–water partition coefficient (Wildman–Crippen LogP) is 1.89. The lowest BCUT2D eigenvalue weighted by Crippen LogP contribution is -2.25. The van der Waals surface area contributed by atoms with E-state index < -0.39 is 38.3 Å². The average Bonchev–Trinajstić information content (AvgIpc) is 2.67. The van der Waals surface area contributed by atoms with Crippen molar-refractivity contribution in [1.29, 1.82) is 0 Å². The second kappa shape index (κ2) is 5.76. The van der Waals surface area contributed by atoms with E-state index in [1.54, 1.807) is 0 Å². The summed E-state index contributed by atoms with van der Waals surface area (Å²) in [7, 11) is 2.54. The Bertz CT molecular complexity index is 657. The topological polar surface area (TPSA) is 63.7 Å². The number of methoxy groups -OCH3 is 1. The molecule has 0 N–H and O–H groups in total. The third-order valence-electron chi connectivity index (χ3n) is 3.14. The van der Waals surface area contributed by atoms with Gasteiger partial charge in [-0.2, -0.15) is 0 Å². The minimum Gasteiger partial charge on any atom is -0.491 e. The van der Waals surface area contributed by atoms with Crippen molar-refractivity contribution in [2.75, 3.05) is 24.3 Å². The van der Waals surface area contributed by atoms with Gasteiger partial charge in [-0.15, -0.1) is 0 Å². The summed E-state index contributed by atoms with van der Waals surface area (Å²) in [4.78, 5) is 13.0. The molecule has 0 saturated carbocycles. The van der Waals surface area contributed by atoms with Crippen LogP contribution < -0.4 is 9.64 Å². The number of benzene rings is 1. The summed E-state index contributed by atoms with van der Waals surface area (Å²) in [5.41, 5.74) is 0.0188. The van der Waals surface area contributed by atoms with Crippen LogP contribution in [0.4, 0.5) is 14.5 Å². The third kappa shape index (κ3) is 3.62. The first-order chi connectivity index (χ1) is 9.71. The Labute approximate surface area is 124 Å². The molecule has 2 rings (SSSR count). The van der Waals surface area contributed by atoms with Gasteiger partial charge in [0.1, 0.15) is 0 Å². The fourth-order valence-corrected chi connectivity index (χ4v) is 3.64. The molecule has 5 nitrogen and oxygen atoms in total. The number of amides is 1. The van der Waals surface area contributed by atoms with Crippen molar-refractivity contribution in [3.8, 4) is 5.75 Å². The molecule has 1 unspecified atom stereocenters. The highest BCUT2D eigenvalue weighted by Crippen LogP contribution is 2.31. The molecule has 9 heteroatoms. The van der Waals surface area contributed by atoms with E-state index in [0.717, 1.165) is 24.1 Å². The van der Waals surface area contributed by atoms with Crippen LogP contribution in [0.5, 0.6) is 5.75 Å². The minimum atomic E-state index is -3.74. The second-order valence-corrected chi connectivity index (χ2v) is 7.54. The molecule has 1 heterocycles. The maximum Gasteiger partial charge on any atom is 0.232 e. The summed E-state index contributed by atoms with van der Waals surface area (Å²) in [6.07, 6.45) is -0.0405. The van der Waals surface area contributed by atoms with E-state index >= 15 is 0 Å². The molecule has 21 heavy (non-hydrogen) atoms. The quantitative estimate of drug-likeness (QED) is 0.786. The molecule has 0 aliphatic carbocycles. The first-order valence-corrected chi connectivity index (χ1v) is 8.45. The Balaban J connectivity index is 2.25. The van der Waals surface area contributed by atoms with E-state index in [2.05, 4.69) is 4.74 Å². The fraction of sp³-hybridized carbons (Fsp3) is 0.417. The molecule has 1 aromatic rings. The van der Waals surface area contributed by atoms with Gasteiger partial charge in [-0.05, 0) is 0 Å². The van der Waals surface area contributed by atoms with E-state index in [1.165, 1.54) is 0 Å².